The van der Waals surface area contributed by atoms with E-state index in [4.69, 9.17) is 33.7 Å². The van der Waals surface area contributed by atoms with E-state index in [1.54, 1.807) is 0 Å². The summed E-state index contributed by atoms with van der Waals surface area (Å²) in [6.07, 6.45) is -7.45. The highest BCUT2D eigenvalue weighted by Crippen LogP contribution is 2.35. The maximum absolute atomic E-state index is 10.6. The van der Waals surface area contributed by atoms with Crippen molar-refractivity contribution in [2.75, 3.05) is 47.0 Å². The molecule has 2 fully saturated rings. The van der Waals surface area contributed by atoms with Crippen LogP contribution in [0.5, 0.6) is 0 Å². The molecule has 15 heteroatoms. The molecule has 1 aliphatic heterocycles. The van der Waals surface area contributed by atoms with Gasteiger partial charge in [-0.25, -0.2) is 9.59 Å². The molecule has 9 nitrogen and oxygen atoms in total. The summed E-state index contributed by atoms with van der Waals surface area (Å²) in [6, 6.07) is 4.65. The van der Waals surface area contributed by atoms with Crippen LogP contribution < -0.4 is 0 Å². The van der Waals surface area contributed by atoms with Gasteiger partial charge < -0.3 is 29.0 Å². The summed E-state index contributed by atoms with van der Waals surface area (Å²) in [7, 11) is 4.15. The number of morpholine rings is 1. The Kier molecular flexibility index (Phi) is 12.8. The van der Waals surface area contributed by atoms with Gasteiger partial charge in [-0.1, -0.05) is 0 Å². The summed E-state index contributed by atoms with van der Waals surface area (Å²) in [5, 5.41) is 14.2. The van der Waals surface area contributed by atoms with Crippen LogP contribution in [0.1, 0.15) is 24.4 Å². The minimum atomic E-state index is -5.08. The Balaban J connectivity index is 0.000000404. The molecule has 0 radical (unpaired) electrons. The van der Waals surface area contributed by atoms with Crippen molar-refractivity contribution >= 4 is 11.9 Å². The van der Waals surface area contributed by atoms with Crippen LogP contribution in [0.2, 0.25) is 0 Å². The van der Waals surface area contributed by atoms with Gasteiger partial charge in [0.25, 0.3) is 0 Å². The third-order valence-corrected chi connectivity index (χ3v) is 5.49. The molecule has 3 atom stereocenters. The number of alkyl halides is 6. The highest BCUT2D eigenvalue weighted by molar-refractivity contribution is 5.73. The van der Waals surface area contributed by atoms with E-state index >= 15 is 0 Å². The Labute approximate surface area is 209 Å². The van der Waals surface area contributed by atoms with Gasteiger partial charge in [-0.2, -0.15) is 26.3 Å². The van der Waals surface area contributed by atoms with Crippen molar-refractivity contribution in [1.29, 1.82) is 0 Å². The van der Waals surface area contributed by atoms with E-state index in [0.717, 1.165) is 51.0 Å². The van der Waals surface area contributed by atoms with E-state index in [9.17, 15) is 26.3 Å². The fourth-order valence-electron chi connectivity index (χ4n) is 3.76. The van der Waals surface area contributed by atoms with Gasteiger partial charge >= 0.3 is 24.3 Å². The van der Waals surface area contributed by atoms with Crippen molar-refractivity contribution in [1.82, 2.24) is 9.80 Å². The molecule has 2 aliphatic rings. The Morgan fingerprint density at radius 2 is 1.65 bits per heavy atom. The predicted molar refractivity (Wildman–Crippen MR) is 117 cm³/mol. The molecular formula is C22H32F6N2O7. The largest absolute Gasteiger partial charge is 0.490 e. The van der Waals surface area contributed by atoms with Crippen molar-refractivity contribution in [2.24, 2.45) is 5.92 Å². The molecule has 2 N–H and O–H groups in total. The molecule has 2 heterocycles. The normalized spacial score (nSPS) is 21.9. The van der Waals surface area contributed by atoms with Crippen LogP contribution in [-0.4, -0.2) is 103 Å². The summed E-state index contributed by atoms with van der Waals surface area (Å²) >= 11 is 0. The lowest BCUT2D eigenvalue weighted by atomic mass is 10.0. The molecule has 1 aromatic rings. The number of carbonyl (C=O) groups is 2. The molecule has 214 valence electrons. The molecule has 1 saturated heterocycles. The number of aryl methyl sites for hydroxylation is 1. The quantitative estimate of drug-likeness (QED) is 0.390. The van der Waals surface area contributed by atoms with Crippen molar-refractivity contribution in [2.45, 2.75) is 50.8 Å². The average Bonchev–Trinajstić information content (AvgIpc) is 3.37. The lowest BCUT2D eigenvalue weighted by Gasteiger charge is -2.38. The van der Waals surface area contributed by atoms with E-state index in [1.165, 1.54) is 12.8 Å². The molecule has 1 aliphatic carbocycles. The molecule has 1 saturated carbocycles. The fourth-order valence-corrected chi connectivity index (χ4v) is 3.76. The summed E-state index contributed by atoms with van der Waals surface area (Å²) in [5.74, 6) is -2.93. The Bertz CT molecular complexity index is 820. The van der Waals surface area contributed by atoms with Gasteiger partial charge in [0.15, 0.2) is 0 Å². The number of nitrogens with zero attached hydrogens (tertiary/aromatic N) is 2. The monoisotopic (exact) mass is 550 g/mol. The van der Waals surface area contributed by atoms with Crippen LogP contribution in [0.25, 0.3) is 0 Å². The molecule has 37 heavy (non-hydrogen) atoms. The van der Waals surface area contributed by atoms with Gasteiger partial charge in [-0.05, 0) is 46.0 Å². The lowest BCUT2D eigenvalue weighted by molar-refractivity contribution is -0.193. The zero-order chi connectivity index (χ0) is 28.4. The van der Waals surface area contributed by atoms with E-state index in [-0.39, 0.29) is 0 Å². The van der Waals surface area contributed by atoms with Crippen LogP contribution in [0.3, 0.4) is 0 Å². The van der Waals surface area contributed by atoms with Gasteiger partial charge in [0.05, 0.1) is 32.5 Å². The summed E-state index contributed by atoms with van der Waals surface area (Å²) in [5.41, 5.74) is 0. The van der Waals surface area contributed by atoms with Gasteiger partial charge in [-0.3, -0.25) is 4.90 Å². The Morgan fingerprint density at radius 1 is 1.08 bits per heavy atom. The predicted octanol–water partition coefficient (Wildman–Crippen LogP) is 3.41. The van der Waals surface area contributed by atoms with Gasteiger partial charge in [0.1, 0.15) is 11.5 Å². The number of furan rings is 1. The van der Waals surface area contributed by atoms with Gasteiger partial charge in [0.2, 0.25) is 0 Å². The SMILES string of the molecule is Cc1ccc(CN2CCOC3C(COCCN(C)C)CCC32)o1.O=C(O)C(F)(F)F.O=C(O)C(F)(F)F. The highest BCUT2D eigenvalue weighted by atomic mass is 19.4. The van der Waals surface area contributed by atoms with E-state index in [2.05, 4.69) is 30.0 Å². The van der Waals surface area contributed by atoms with Gasteiger partial charge in [0, 0.05) is 25.0 Å². The van der Waals surface area contributed by atoms with Crippen molar-refractivity contribution < 1.29 is 60.0 Å². The first-order valence-corrected chi connectivity index (χ1v) is 11.3. The lowest BCUT2D eigenvalue weighted by Crippen LogP contribution is -2.50. The van der Waals surface area contributed by atoms with Crippen molar-refractivity contribution in [3.8, 4) is 0 Å². The van der Waals surface area contributed by atoms with Crippen molar-refractivity contribution in [3.05, 3.63) is 23.7 Å². The number of hydrogen-bond acceptors (Lipinski definition) is 7. The first kappa shape index (κ1) is 32.7. The molecular weight excluding hydrogens is 518 g/mol. The third kappa shape index (κ3) is 12.2. The minimum absolute atomic E-state index is 0.319. The molecule has 0 spiro atoms. The summed E-state index contributed by atoms with van der Waals surface area (Å²) in [4.78, 5) is 22.5. The topological polar surface area (TPSA) is 113 Å². The maximum Gasteiger partial charge on any atom is 0.490 e. The summed E-state index contributed by atoms with van der Waals surface area (Å²) < 4.78 is 81.2. The van der Waals surface area contributed by atoms with Crippen LogP contribution >= 0.6 is 0 Å². The number of aliphatic carboxylic acids is 2. The zero-order valence-corrected chi connectivity index (χ0v) is 20.6. The number of halogens is 6. The molecule has 1 aromatic heterocycles. The van der Waals surface area contributed by atoms with Crippen LogP contribution in [0.15, 0.2) is 16.5 Å². The molecule has 3 unspecified atom stereocenters. The second-order valence-corrected chi connectivity index (χ2v) is 8.71. The van der Waals surface area contributed by atoms with Crippen molar-refractivity contribution in [3.63, 3.8) is 0 Å². The third-order valence-electron chi connectivity index (χ3n) is 5.49. The average molecular weight is 550 g/mol. The van der Waals surface area contributed by atoms with E-state index < -0.39 is 24.3 Å². The number of hydrogen-bond donors (Lipinski definition) is 2. The second-order valence-electron chi connectivity index (χ2n) is 8.71. The van der Waals surface area contributed by atoms with Gasteiger partial charge in [-0.15, -0.1) is 0 Å². The molecule has 0 amide bonds. The number of ether oxygens (including phenoxy) is 2. The Hall–Kier alpha value is -2.36. The summed E-state index contributed by atoms with van der Waals surface area (Å²) in [6.45, 7) is 7.31. The Morgan fingerprint density at radius 3 is 2.11 bits per heavy atom. The zero-order valence-electron chi connectivity index (χ0n) is 20.6. The first-order chi connectivity index (χ1) is 17.0. The number of carboxylic acids is 2. The number of carboxylic acid groups (broad SMARTS) is 2. The molecule has 0 aromatic carbocycles. The maximum atomic E-state index is 10.6. The first-order valence-electron chi connectivity index (χ1n) is 11.3. The highest BCUT2D eigenvalue weighted by Gasteiger charge is 2.43. The van der Waals surface area contributed by atoms with Crippen LogP contribution in [0, 0.1) is 12.8 Å². The fraction of sp³-hybridized carbons (Fsp3) is 0.727. The molecule has 0 bridgehead atoms. The number of fused-ring (bicyclic) bond motifs is 1. The standard InChI is InChI=1S/C18H30N2O3.2C2HF3O2/c1-14-4-6-16(23-14)12-20-9-11-22-18-15(5-7-17(18)20)13-21-10-8-19(2)3;2*3-2(4,5)1(6)7/h4,6,15,17-18H,5,7-13H2,1-3H3;2*(H,6,7). The number of rotatable bonds is 7. The van der Waals surface area contributed by atoms with Crippen LogP contribution in [-0.2, 0) is 25.6 Å². The van der Waals surface area contributed by atoms with E-state index in [0.29, 0.717) is 18.1 Å². The second kappa shape index (κ2) is 14.5. The number of likely N-dealkylation sites (N-methyl/N-ethyl adjacent to an activating group) is 1. The van der Waals surface area contributed by atoms with E-state index in [1.807, 2.05) is 13.0 Å². The minimum Gasteiger partial charge on any atom is -0.475 e. The smallest absolute Gasteiger partial charge is 0.475 e. The molecule has 3 rings (SSSR count). The van der Waals surface area contributed by atoms with Crippen LogP contribution in [0.4, 0.5) is 26.3 Å².